The Morgan fingerprint density at radius 1 is 1.24 bits per heavy atom. The van der Waals surface area contributed by atoms with Gasteiger partial charge in [0.05, 0.1) is 23.5 Å². The number of anilines is 3. The predicted molar refractivity (Wildman–Crippen MR) is 84.0 cm³/mol. The molecule has 4 heteroatoms. The SMILES string of the molecule is CCOC(=O)c1cccc(N)c1N1CCc2ccccc21. The molecule has 2 aromatic carbocycles. The number of fused-ring (bicyclic) bond motifs is 1. The van der Waals surface area contributed by atoms with Gasteiger partial charge in [-0.3, -0.25) is 0 Å². The smallest absolute Gasteiger partial charge is 0.340 e. The highest BCUT2D eigenvalue weighted by Gasteiger charge is 2.26. The van der Waals surface area contributed by atoms with E-state index in [9.17, 15) is 4.79 Å². The molecule has 21 heavy (non-hydrogen) atoms. The van der Waals surface area contributed by atoms with Gasteiger partial charge in [-0.05, 0) is 37.1 Å². The molecule has 0 saturated heterocycles. The highest BCUT2D eigenvalue weighted by Crippen LogP contribution is 2.39. The molecule has 0 aliphatic carbocycles. The van der Waals surface area contributed by atoms with Gasteiger partial charge >= 0.3 is 5.97 Å². The van der Waals surface area contributed by atoms with Crippen LogP contribution in [0, 0.1) is 0 Å². The van der Waals surface area contributed by atoms with Crippen LogP contribution in [0.5, 0.6) is 0 Å². The van der Waals surface area contributed by atoms with Gasteiger partial charge in [0.2, 0.25) is 0 Å². The molecule has 3 rings (SSSR count). The van der Waals surface area contributed by atoms with E-state index in [2.05, 4.69) is 17.0 Å². The van der Waals surface area contributed by atoms with Crippen LogP contribution in [-0.2, 0) is 11.2 Å². The van der Waals surface area contributed by atoms with E-state index in [0.29, 0.717) is 17.9 Å². The molecule has 0 bridgehead atoms. The van der Waals surface area contributed by atoms with Crippen molar-refractivity contribution in [3.05, 3.63) is 53.6 Å². The van der Waals surface area contributed by atoms with Crippen molar-refractivity contribution in [2.75, 3.05) is 23.8 Å². The first kappa shape index (κ1) is 13.5. The summed E-state index contributed by atoms with van der Waals surface area (Å²) in [6.45, 7) is 2.97. The number of rotatable bonds is 3. The van der Waals surface area contributed by atoms with Crippen molar-refractivity contribution in [3.63, 3.8) is 0 Å². The Morgan fingerprint density at radius 2 is 2.05 bits per heavy atom. The van der Waals surface area contributed by atoms with Crippen LogP contribution in [0.15, 0.2) is 42.5 Å². The van der Waals surface area contributed by atoms with Gasteiger partial charge < -0.3 is 15.4 Å². The van der Waals surface area contributed by atoms with Crippen molar-refractivity contribution in [2.45, 2.75) is 13.3 Å². The highest BCUT2D eigenvalue weighted by molar-refractivity contribution is 6.00. The van der Waals surface area contributed by atoms with Gasteiger partial charge in [-0.2, -0.15) is 0 Å². The molecule has 1 heterocycles. The second kappa shape index (κ2) is 5.48. The van der Waals surface area contributed by atoms with Gasteiger partial charge in [0.1, 0.15) is 0 Å². The Morgan fingerprint density at radius 3 is 2.86 bits per heavy atom. The summed E-state index contributed by atoms with van der Waals surface area (Å²) in [4.78, 5) is 14.3. The fourth-order valence-electron chi connectivity index (χ4n) is 2.81. The van der Waals surface area contributed by atoms with Crippen LogP contribution < -0.4 is 10.6 Å². The van der Waals surface area contributed by atoms with Crippen LogP contribution in [0.4, 0.5) is 17.1 Å². The quantitative estimate of drug-likeness (QED) is 0.694. The fraction of sp³-hybridized carbons (Fsp3) is 0.235. The molecule has 0 aromatic heterocycles. The molecule has 4 nitrogen and oxygen atoms in total. The average Bonchev–Trinajstić information content (AvgIpc) is 2.91. The van der Waals surface area contributed by atoms with Crippen LogP contribution in [0.25, 0.3) is 0 Å². The number of ether oxygens (including phenoxy) is 1. The Hall–Kier alpha value is -2.49. The van der Waals surface area contributed by atoms with Gasteiger partial charge in [-0.1, -0.05) is 24.3 Å². The number of carbonyl (C=O) groups excluding carboxylic acids is 1. The van der Waals surface area contributed by atoms with Gasteiger partial charge in [-0.25, -0.2) is 4.79 Å². The van der Waals surface area contributed by atoms with Crippen molar-refractivity contribution in [2.24, 2.45) is 0 Å². The third-order valence-electron chi connectivity index (χ3n) is 3.72. The second-order valence-electron chi connectivity index (χ2n) is 4.99. The number of hydrogen-bond donors (Lipinski definition) is 1. The first-order chi connectivity index (χ1) is 10.2. The number of carbonyl (C=O) groups is 1. The van der Waals surface area contributed by atoms with Gasteiger partial charge in [0, 0.05) is 12.2 Å². The Balaban J connectivity index is 2.09. The molecule has 0 saturated carbocycles. The molecule has 0 atom stereocenters. The van der Waals surface area contributed by atoms with Crippen molar-refractivity contribution in [3.8, 4) is 0 Å². The molecule has 0 unspecified atom stereocenters. The molecule has 0 radical (unpaired) electrons. The van der Waals surface area contributed by atoms with E-state index in [1.807, 2.05) is 18.2 Å². The zero-order valence-corrected chi connectivity index (χ0v) is 12.0. The van der Waals surface area contributed by atoms with E-state index in [1.165, 1.54) is 5.56 Å². The molecule has 0 amide bonds. The van der Waals surface area contributed by atoms with Crippen molar-refractivity contribution in [1.82, 2.24) is 0 Å². The van der Waals surface area contributed by atoms with E-state index in [1.54, 1.807) is 19.1 Å². The van der Waals surface area contributed by atoms with Crippen molar-refractivity contribution in [1.29, 1.82) is 0 Å². The third-order valence-corrected chi connectivity index (χ3v) is 3.72. The molecule has 1 aliphatic heterocycles. The minimum atomic E-state index is -0.329. The molecule has 2 aromatic rings. The summed E-state index contributed by atoms with van der Waals surface area (Å²) < 4.78 is 5.15. The molecule has 1 aliphatic rings. The summed E-state index contributed by atoms with van der Waals surface area (Å²) in [6, 6.07) is 13.6. The number of esters is 1. The Labute approximate surface area is 124 Å². The molecular weight excluding hydrogens is 264 g/mol. The van der Waals surface area contributed by atoms with Gasteiger partial charge in [0.25, 0.3) is 0 Å². The predicted octanol–water partition coefficient (Wildman–Crippen LogP) is 3.14. The number of nitrogens with two attached hydrogens (primary N) is 1. The minimum absolute atomic E-state index is 0.329. The molecule has 108 valence electrons. The maximum atomic E-state index is 12.2. The lowest BCUT2D eigenvalue weighted by molar-refractivity contribution is 0.0527. The van der Waals surface area contributed by atoms with Crippen molar-refractivity contribution < 1.29 is 9.53 Å². The van der Waals surface area contributed by atoms with Crippen LogP contribution in [0.2, 0.25) is 0 Å². The first-order valence-corrected chi connectivity index (χ1v) is 7.13. The number of hydrogen-bond acceptors (Lipinski definition) is 4. The molecule has 0 fully saturated rings. The van der Waals surface area contributed by atoms with E-state index >= 15 is 0 Å². The van der Waals surface area contributed by atoms with E-state index in [0.717, 1.165) is 24.3 Å². The monoisotopic (exact) mass is 282 g/mol. The minimum Gasteiger partial charge on any atom is -0.462 e. The average molecular weight is 282 g/mol. The number of nitrogen functional groups attached to an aromatic ring is 1. The molecule has 2 N–H and O–H groups in total. The van der Waals surface area contributed by atoms with Crippen molar-refractivity contribution >= 4 is 23.0 Å². The topological polar surface area (TPSA) is 55.6 Å². The maximum Gasteiger partial charge on any atom is 0.340 e. The van der Waals surface area contributed by atoms with Gasteiger partial charge in [0.15, 0.2) is 0 Å². The standard InChI is InChI=1S/C17H18N2O2/c1-2-21-17(20)13-7-5-8-14(18)16(13)19-11-10-12-6-3-4-9-15(12)19/h3-9H,2,10-11,18H2,1H3. The third kappa shape index (κ3) is 2.33. The fourth-order valence-corrected chi connectivity index (χ4v) is 2.81. The summed E-state index contributed by atoms with van der Waals surface area (Å²) in [7, 11) is 0. The lowest BCUT2D eigenvalue weighted by Crippen LogP contribution is -2.19. The largest absolute Gasteiger partial charge is 0.462 e. The van der Waals surface area contributed by atoms with E-state index < -0.39 is 0 Å². The van der Waals surface area contributed by atoms with Crippen LogP contribution in [0.3, 0.4) is 0 Å². The molecule has 0 spiro atoms. The lowest BCUT2D eigenvalue weighted by atomic mass is 10.1. The maximum absolute atomic E-state index is 12.2. The van der Waals surface area contributed by atoms with Crippen LogP contribution in [0.1, 0.15) is 22.8 Å². The zero-order valence-electron chi connectivity index (χ0n) is 12.0. The highest BCUT2D eigenvalue weighted by atomic mass is 16.5. The first-order valence-electron chi connectivity index (χ1n) is 7.13. The summed E-state index contributed by atoms with van der Waals surface area (Å²) in [6.07, 6.45) is 0.951. The number of nitrogens with zero attached hydrogens (tertiary/aromatic N) is 1. The Bertz CT molecular complexity index is 682. The van der Waals surface area contributed by atoms with Gasteiger partial charge in [-0.15, -0.1) is 0 Å². The number of benzene rings is 2. The second-order valence-corrected chi connectivity index (χ2v) is 4.99. The van der Waals surface area contributed by atoms with Crippen LogP contribution >= 0.6 is 0 Å². The summed E-state index contributed by atoms with van der Waals surface area (Å²) in [5.74, 6) is -0.329. The summed E-state index contributed by atoms with van der Waals surface area (Å²) >= 11 is 0. The number of para-hydroxylation sites is 2. The Kier molecular flexibility index (Phi) is 3.52. The molecular formula is C17H18N2O2. The normalized spacial score (nSPS) is 13.1. The summed E-state index contributed by atoms with van der Waals surface area (Å²) in [5.41, 5.74) is 10.4. The summed E-state index contributed by atoms with van der Waals surface area (Å²) in [5, 5.41) is 0. The van der Waals surface area contributed by atoms with E-state index in [4.69, 9.17) is 10.5 Å². The van der Waals surface area contributed by atoms with E-state index in [-0.39, 0.29) is 5.97 Å². The van der Waals surface area contributed by atoms with Crippen LogP contribution in [-0.4, -0.2) is 19.1 Å². The lowest BCUT2D eigenvalue weighted by Gasteiger charge is -2.23. The zero-order chi connectivity index (χ0) is 14.8.